The highest BCUT2D eigenvalue weighted by Crippen LogP contribution is 2.38. The number of thioether (sulfide) groups is 1. The minimum Gasteiger partial charge on any atom is -0.356 e. The first-order valence-corrected chi connectivity index (χ1v) is 9.57. The third kappa shape index (κ3) is 6.98. The summed E-state index contributed by atoms with van der Waals surface area (Å²) in [5.41, 5.74) is 6.03. The molecule has 0 bridgehead atoms. The minimum atomic E-state index is 0.0979. The van der Waals surface area contributed by atoms with E-state index in [9.17, 15) is 4.79 Å². The van der Waals surface area contributed by atoms with Crippen LogP contribution >= 0.6 is 11.8 Å². The molecular weight excluding hydrogens is 268 g/mol. The van der Waals surface area contributed by atoms with E-state index in [-0.39, 0.29) is 11.3 Å². The van der Waals surface area contributed by atoms with Crippen molar-refractivity contribution < 1.29 is 4.79 Å². The van der Waals surface area contributed by atoms with E-state index < -0.39 is 0 Å². The molecular formula is C16H32N2OS. The molecule has 3 nitrogen and oxygen atoms in total. The van der Waals surface area contributed by atoms with Crippen molar-refractivity contribution in [3.63, 3.8) is 0 Å². The van der Waals surface area contributed by atoms with Crippen molar-refractivity contribution in [1.29, 1.82) is 0 Å². The molecule has 0 radical (unpaired) electrons. The maximum absolute atomic E-state index is 12.0. The van der Waals surface area contributed by atoms with Crippen molar-refractivity contribution in [2.45, 2.75) is 64.2 Å². The molecule has 118 valence electrons. The van der Waals surface area contributed by atoms with Gasteiger partial charge in [-0.2, -0.15) is 11.8 Å². The third-order valence-corrected chi connectivity index (χ3v) is 5.18. The number of carbonyl (C=O) groups excluding carboxylic acids is 1. The van der Waals surface area contributed by atoms with Crippen LogP contribution in [0.5, 0.6) is 0 Å². The zero-order valence-corrected chi connectivity index (χ0v) is 13.9. The van der Waals surface area contributed by atoms with Crippen LogP contribution in [0.3, 0.4) is 0 Å². The summed E-state index contributed by atoms with van der Waals surface area (Å²) in [6.07, 6.45) is 13.7. The van der Waals surface area contributed by atoms with E-state index in [1.807, 2.05) is 11.8 Å². The minimum absolute atomic E-state index is 0.0979. The van der Waals surface area contributed by atoms with Crippen LogP contribution in [0.15, 0.2) is 0 Å². The van der Waals surface area contributed by atoms with E-state index in [1.165, 1.54) is 44.3 Å². The summed E-state index contributed by atoms with van der Waals surface area (Å²) in [5, 5.41) is 3.08. The molecule has 1 aliphatic carbocycles. The summed E-state index contributed by atoms with van der Waals surface area (Å²) in [4.78, 5) is 12.0. The van der Waals surface area contributed by atoms with E-state index in [2.05, 4.69) is 11.6 Å². The Morgan fingerprint density at radius 3 is 2.50 bits per heavy atom. The van der Waals surface area contributed by atoms with E-state index >= 15 is 0 Å². The molecule has 0 unspecified atom stereocenters. The number of hydrogen-bond donors (Lipinski definition) is 2. The number of carbonyl (C=O) groups is 1. The lowest BCUT2D eigenvalue weighted by molar-refractivity contribution is -0.123. The number of nitrogens with one attached hydrogen (secondary N) is 1. The van der Waals surface area contributed by atoms with Crippen LogP contribution in [-0.4, -0.2) is 31.0 Å². The van der Waals surface area contributed by atoms with Crippen LogP contribution in [0, 0.1) is 5.41 Å². The maximum Gasteiger partial charge on any atom is 0.220 e. The smallest absolute Gasteiger partial charge is 0.220 e. The molecule has 0 atom stereocenters. The average Bonchev–Trinajstić information content (AvgIpc) is 2.47. The Balaban J connectivity index is 2.10. The van der Waals surface area contributed by atoms with Crippen LogP contribution in [0.2, 0.25) is 0 Å². The molecule has 0 heterocycles. The highest BCUT2D eigenvalue weighted by Gasteiger charge is 2.32. The number of rotatable bonds is 10. The molecule has 0 aromatic carbocycles. The quantitative estimate of drug-likeness (QED) is 0.609. The summed E-state index contributed by atoms with van der Waals surface area (Å²) in [6.45, 7) is 1.49. The van der Waals surface area contributed by atoms with Crippen molar-refractivity contribution in [2.24, 2.45) is 11.1 Å². The molecule has 1 saturated carbocycles. The standard InChI is InChI=1S/C16H32N2OS/c1-20-12-8-3-2-7-11-18-15(19)13-16(14-17)9-5-4-6-10-16/h2-14,17H2,1H3,(H,18,19). The summed E-state index contributed by atoms with van der Waals surface area (Å²) in [6, 6.07) is 0. The first-order chi connectivity index (χ1) is 9.72. The van der Waals surface area contributed by atoms with Gasteiger partial charge in [0.15, 0.2) is 0 Å². The van der Waals surface area contributed by atoms with Gasteiger partial charge in [-0.15, -0.1) is 0 Å². The van der Waals surface area contributed by atoms with Crippen molar-refractivity contribution in [2.75, 3.05) is 25.1 Å². The number of unbranched alkanes of at least 4 members (excludes halogenated alkanes) is 3. The van der Waals surface area contributed by atoms with Crippen molar-refractivity contribution >= 4 is 17.7 Å². The van der Waals surface area contributed by atoms with Gasteiger partial charge in [0.25, 0.3) is 0 Å². The second kappa shape index (κ2) is 10.5. The van der Waals surface area contributed by atoms with Crippen LogP contribution in [-0.2, 0) is 4.79 Å². The topological polar surface area (TPSA) is 55.1 Å². The summed E-state index contributed by atoms with van der Waals surface area (Å²) < 4.78 is 0. The molecule has 0 spiro atoms. The molecule has 0 saturated heterocycles. The van der Waals surface area contributed by atoms with Gasteiger partial charge in [-0.05, 0) is 49.7 Å². The van der Waals surface area contributed by atoms with Crippen LogP contribution in [0.25, 0.3) is 0 Å². The molecule has 1 aliphatic rings. The fourth-order valence-electron chi connectivity index (χ4n) is 3.11. The Labute approximate surface area is 128 Å². The van der Waals surface area contributed by atoms with E-state index in [0.29, 0.717) is 13.0 Å². The highest BCUT2D eigenvalue weighted by molar-refractivity contribution is 7.98. The van der Waals surface area contributed by atoms with Crippen molar-refractivity contribution in [3.8, 4) is 0 Å². The molecule has 0 aromatic heterocycles. The van der Waals surface area contributed by atoms with E-state index in [0.717, 1.165) is 25.8 Å². The number of hydrogen-bond acceptors (Lipinski definition) is 3. The SMILES string of the molecule is CSCCCCCCNC(=O)CC1(CN)CCCCC1. The van der Waals surface area contributed by atoms with Gasteiger partial charge in [-0.25, -0.2) is 0 Å². The summed E-state index contributed by atoms with van der Waals surface area (Å²) >= 11 is 1.91. The Bertz CT molecular complexity index is 265. The van der Waals surface area contributed by atoms with Gasteiger partial charge in [0, 0.05) is 13.0 Å². The lowest BCUT2D eigenvalue weighted by Gasteiger charge is -2.35. The van der Waals surface area contributed by atoms with Gasteiger partial charge in [-0.3, -0.25) is 4.79 Å². The van der Waals surface area contributed by atoms with E-state index in [1.54, 1.807) is 0 Å². The van der Waals surface area contributed by atoms with Gasteiger partial charge < -0.3 is 11.1 Å². The number of amides is 1. The summed E-state index contributed by atoms with van der Waals surface area (Å²) in [5.74, 6) is 1.47. The largest absolute Gasteiger partial charge is 0.356 e. The second-order valence-corrected chi connectivity index (χ2v) is 7.18. The Morgan fingerprint density at radius 1 is 1.15 bits per heavy atom. The Hall–Kier alpha value is -0.220. The van der Waals surface area contributed by atoms with Gasteiger partial charge in [0.05, 0.1) is 0 Å². The lowest BCUT2D eigenvalue weighted by Crippen LogP contribution is -2.38. The normalized spacial score (nSPS) is 17.9. The van der Waals surface area contributed by atoms with Gasteiger partial charge in [-0.1, -0.05) is 32.1 Å². The van der Waals surface area contributed by atoms with Crippen LogP contribution in [0.1, 0.15) is 64.2 Å². The van der Waals surface area contributed by atoms with Crippen LogP contribution in [0.4, 0.5) is 0 Å². The van der Waals surface area contributed by atoms with Crippen molar-refractivity contribution in [1.82, 2.24) is 5.32 Å². The Morgan fingerprint density at radius 2 is 1.85 bits per heavy atom. The average molecular weight is 301 g/mol. The first kappa shape index (κ1) is 17.8. The highest BCUT2D eigenvalue weighted by atomic mass is 32.2. The molecule has 0 aliphatic heterocycles. The predicted molar refractivity (Wildman–Crippen MR) is 89.0 cm³/mol. The molecule has 1 fully saturated rings. The zero-order valence-electron chi connectivity index (χ0n) is 13.1. The van der Waals surface area contributed by atoms with Gasteiger partial charge in [0.2, 0.25) is 5.91 Å². The summed E-state index contributed by atoms with van der Waals surface area (Å²) in [7, 11) is 0. The molecule has 20 heavy (non-hydrogen) atoms. The van der Waals surface area contributed by atoms with Crippen molar-refractivity contribution in [3.05, 3.63) is 0 Å². The predicted octanol–water partition coefficient (Wildman–Crippen LogP) is 3.33. The van der Waals surface area contributed by atoms with Crippen LogP contribution < -0.4 is 11.1 Å². The Kier molecular flexibility index (Phi) is 9.36. The molecule has 1 rings (SSSR count). The first-order valence-electron chi connectivity index (χ1n) is 8.18. The fourth-order valence-corrected chi connectivity index (χ4v) is 3.60. The van der Waals surface area contributed by atoms with Gasteiger partial charge >= 0.3 is 0 Å². The molecule has 0 aromatic rings. The molecule has 4 heteroatoms. The molecule has 3 N–H and O–H groups in total. The second-order valence-electron chi connectivity index (χ2n) is 6.20. The lowest BCUT2D eigenvalue weighted by atomic mass is 9.71. The maximum atomic E-state index is 12.0. The monoisotopic (exact) mass is 300 g/mol. The third-order valence-electron chi connectivity index (χ3n) is 4.48. The van der Waals surface area contributed by atoms with Gasteiger partial charge in [0.1, 0.15) is 0 Å². The fraction of sp³-hybridized carbons (Fsp3) is 0.938. The number of nitrogens with two attached hydrogens (primary N) is 1. The zero-order chi connectivity index (χ0) is 14.7. The molecule has 1 amide bonds. The van der Waals surface area contributed by atoms with E-state index in [4.69, 9.17) is 5.73 Å².